The molecular weight excluding hydrogens is 672 g/mol. The molecule has 1 aliphatic rings. The number of benzene rings is 5. The Hall–Kier alpha value is -7.34. The highest BCUT2D eigenvalue weighted by Gasteiger charge is 2.41. The molecule has 5 aromatic rings. The summed E-state index contributed by atoms with van der Waals surface area (Å²) in [6.45, 7) is 0. The molecule has 0 heterocycles. The smallest absolute Gasteiger partial charge is 0.336 e. The van der Waals surface area contributed by atoms with Crippen LogP contribution in [0.5, 0.6) is 34.5 Å². The van der Waals surface area contributed by atoms with Gasteiger partial charge in [0.2, 0.25) is 0 Å². The molecule has 52 heavy (non-hydrogen) atoms. The molecule has 12 heteroatoms. The topological polar surface area (TPSA) is 186 Å². The maximum atomic E-state index is 11.6. The van der Waals surface area contributed by atoms with E-state index in [0.717, 1.165) is 23.3 Å². The molecule has 6 rings (SSSR count). The van der Waals surface area contributed by atoms with Crippen LogP contribution in [0.3, 0.4) is 0 Å². The van der Waals surface area contributed by atoms with Gasteiger partial charge in [-0.3, -0.25) is 0 Å². The Bertz CT molecular complexity index is 2100. The van der Waals surface area contributed by atoms with Gasteiger partial charge in [-0.15, -0.1) is 0 Å². The third-order valence-electron chi connectivity index (χ3n) is 7.87. The van der Waals surface area contributed by atoms with Crippen molar-refractivity contribution in [1.29, 1.82) is 0 Å². The van der Waals surface area contributed by atoms with E-state index in [2.05, 4.69) is 0 Å². The van der Waals surface area contributed by atoms with Crippen LogP contribution in [-0.2, 0) is 0 Å². The monoisotopic (exact) mass is 700 g/mol. The second kappa shape index (κ2) is 14.6. The van der Waals surface area contributed by atoms with Gasteiger partial charge in [-0.2, -0.15) is 0 Å². The number of hydrogen-bond acceptors (Lipinski definition) is 8. The minimum atomic E-state index is -1.40. The van der Waals surface area contributed by atoms with Crippen LogP contribution >= 0.6 is 0 Å². The predicted molar refractivity (Wildman–Crippen MR) is 186 cm³/mol. The lowest BCUT2D eigenvalue weighted by molar-refractivity contribution is -0.0590. The zero-order valence-corrected chi connectivity index (χ0v) is 27.0. The SMILES string of the molecule is O=C(O)c1ccc(Oc2ccc(OC3(Oc4ccc(Oc5ccc(C(=O)O)c(C(=O)O)c5)cc4)CC=CC=C3c3ccccc3)cc2)cc1C(=O)O. The largest absolute Gasteiger partial charge is 0.478 e. The molecule has 0 bridgehead atoms. The molecule has 4 N–H and O–H groups in total. The summed E-state index contributed by atoms with van der Waals surface area (Å²) in [4.78, 5) is 46.1. The number of carbonyl (C=O) groups is 4. The van der Waals surface area contributed by atoms with Crippen LogP contribution in [0.25, 0.3) is 5.57 Å². The van der Waals surface area contributed by atoms with Crippen LogP contribution in [0.4, 0.5) is 0 Å². The van der Waals surface area contributed by atoms with Crippen LogP contribution in [0.2, 0.25) is 0 Å². The highest BCUT2D eigenvalue weighted by Crippen LogP contribution is 2.40. The van der Waals surface area contributed by atoms with Gasteiger partial charge in [0, 0.05) is 12.0 Å². The second-order valence-electron chi connectivity index (χ2n) is 11.3. The lowest BCUT2D eigenvalue weighted by atomic mass is 9.90. The number of rotatable bonds is 13. The summed E-state index contributed by atoms with van der Waals surface area (Å²) in [6, 6.07) is 30.0. The zero-order chi connectivity index (χ0) is 36.8. The van der Waals surface area contributed by atoms with Crippen molar-refractivity contribution >= 4 is 29.5 Å². The van der Waals surface area contributed by atoms with Crippen LogP contribution in [0.15, 0.2) is 133 Å². The van der Waals surface area contributed by atoms with E-state index in [0.29, 0.717) is 29.4 Å². The van der Waals surface area contributed by atoms with E-state index in [1.165, 1.54) is 24.3 Å². The standard InChI is InChI=1S/C40H28O12/c41-36(42)31-19-17-29(22-33(31)38(45)46)49-25-9-13-27(14-10-25)51-40(21-5-4-8-35(40)24-6-2-1-3-7-24)52-28-15-11-26(12-16-28)50-30-18-20-32(37(43)44)34(23-30)39(47)48/h1-20,22-23H,21H2,(H,41,42)(H,43,44)(H,45,46)(H,47,48). The van der Waals surface area contributed by atoms with Crippen LogP contribution < -0.4 is 18.9 Å². The maximum absolute atomic E-state index is 11.6. The molecule has 0 radical (unpaired) electrons. The average Bonchev–Trinajstić information content (AvgIpc) is 3.13. The summed E-state index contributed by atoms with van der Waals surface area (Å²) in [6.07, 6.45) is 6.02. The van der Waals surface area contributed by atoms with E-state index >= 15 is 0 Å². The molecular formula is C40H28O12. The molecule has 5 aromatic carbocycles. The van der Waals surface area contributed by atoms with E-state index in [4.69, 9.17) is 18.9 Å². The number of allylic oxidation sites excluding steroid dienone is 2. The van der Waals surface area contributed by atoms with E-state index in [1.54, 1.807) is 48.5 Å². The van der Waals surface area contributed by atoms with E-state index in [-0.39, 0.29) is 22.6 Å². The molecule has 0 aromatic heterocycles. The van der Waals surface area contributed by atoms with Crippen LogP contribution in [-0.4, -0.2) is 50.1 Å². The molecule has 0 saturated heterocycles. The third kappa shape index (κ3) is 7.61. The molecule has 0 atom stereocenters. The van der Waals surface area contributed by atoms with Gasteiger partial charge >= 0.3 is 23.9 Å². The number of carboxylic acid groups (broad SMARTS) is 4. The normalized spacial score (nSPS) is 13.0. The van der Waals surface area contributed by atoms with Gasteiger partial charge in [0.05, 0.1) is 22.3 Å². The Labute approximate surface area is 295 Å². The summed E-state index contributed by atoms with van der Waals surface area (Å²) < 4.78 is 24.9. The van der Waals surface area contributed by atoms with Gasteiger partial charge in [0.1, 0.15) is 34.5 Å². The lowest BCUT2D eigenvalue weighted by Crippen LogP contribution is -2.44. The Kier molecular flexibility index (Phi) is 9.72. The summed E-state index contributed by atoms with van der Waals surface area (Å²) in [5.41, 5.74) is 0.0513. The summed E-state index contributed by atoms with van der Waals surface area (Å²) in [5.74, 6) is -5.11. The average molecular weight is 701 g/mol. The van der Waals surface area contributed by atoms with Gasteiger partial charge in [-0.25, -0.2) is 19.2 Å². The van der Waals surface area contributed by atoms with Crippen LogP contribution in [0.1, 0.15) is 53.4 Å². The van der Waals surface area contributed by atoms with Crippen molar-refractivity contribution in [1.82, 2.24) is 0 Å². The van der Waals surface area contributed by atoms with Crippen LogP contribution in [0, 0.1) is 0 Å². The first-order valence-electron chi connectivity index (χ1n) is 15.6. The van der Waals surface area contributed by atoms with Crippen molar-refractivity contribution in [3.63, 3.8) is 0 Å². The quantitative estimate of drug-likeness (QED) is 0.0863. The highest BCUT2D eigenvalue weighted by atomic mass is 16.7. The Morgan fingerprint density at radius 1 is 0.481 bits per heavy atom. The third-order valence-corrected chi connectivity index (χ3v) is 7.87. The molecule has 12 nitrogen and oxygen atoms in total. The number of hydrogen-bond donors (Lipinski definition) is 4. The molecule has 0 spiro atoms. The van der Waals surface area contributed by atoms with Crippen molar-refractivity contribution in [3.05, 3.63) is 161 Å². The van der Waals surface area contributed by atoms with Crippen molar-refractivity contribution in [2.45, 2.75) is 12.2 Å². The molecule has 0 amide bonds. The van der Waals surface area contributed by atoms with Crippen molar-refractivity contribution in [2.24, 2.45) is 0 Å². The molecule has 0 unspecified atom stereocenters. The fraction of sp³-hybridized carbons (Fsp3) is 0.0500. The van der Waals surface area contributed by atoms with E-state index in [1.807, 2.05) is 48.6 Å². The van der Waals surface area contributed by atoms with Gasteiger partial charge in [0.25, 0.3) is 5.79 Å². The first kappa shape index (κ1) is 34.5. The Balaban J connectivity index is 1.25. The number of carboxylic acids is 4. The minimum Gasteiger partial charge on any atom is -0.478 e. The van der Waals surface area contributed by atoms with Gasteiger partial charge in [-0.05, 0) is 90.5 Å². The van der Waals surface area contributed by atoms with E-state index < -0.39 is 40.8 Å². The molecule has 0 aliphatic heterocycles. The predicted octanol–water partition coefficient (Wildman–Crippen LogP) is 8.26. The summed E-state index contributed by atoms with van der Waals surface area (Å²) >= 11 is 0. The van der Waals surface area contributed by atoms with Crippen molar-refractivity contribution in [2.75, 3.05) is 0 Å². The first-order chi connectivity index (χ1) is 25.0. The van der Waals surface area contributed by atoms with Crippen molar-refractivity contribution in [3.8, 4) is 34.5 Å². The second-order valence-corrected chi connectivity index (χ2v) is 11.3. The fourth-order valence-corrected chi connectivity index (χ4v) is 5.48. The van der Waals surface area contributed by atoms with E-state index in [9.17, 15) is 39.6 Å². The summed E-state index contributed by atoms with van der Waals surface area (Å²) in [5, 5.41) is 37.5. The number of ether oxygens (including phenoxy) is 4. The number of aromatic carboxylic acids is 4. The van der Waals surface area contributed by atoms with Gasteiger partial charge in [-0.1, -0.05) is 48.6 Å². The molecule has 0 fully saturated rings. The zero-order valence-electron chi connectivity index (χ0n) is 27.0. The Morgan fingerprint density at radius 3 is 1.31 bits per heavy atom. The molecule has 260 valence electrons. The maximum Gasteiger partial charge on any atom is 0.336 e. The Morgan fingerprint density at radius 2 is 0.885 bits per heavy atom. The highest BCUT2D eigenvalue weighted by molar-refractivity contribution is 6.02. The van der Waals surface area contributed by atoms with Gasteiger partial charge < -0.3 is 39.4 Å². The first-order valence-corrected chi connectivity index (χ1v) is 15.6. The molecule has 1 aliphatic carbocycles. The lowest BCUT2D eigenvalue weighted by Gasteiger charge is -2.37. The molecule has 0 saturated carbocycles. The van der Waals surface area contributed by atoms with Gasteiger partial charge in [0.15, 0.2) is 0 Å². The fourth-order valence-electron chi connectivity index (χ4n) is 5.48. The summed E-state index contributed by atoms with van der Waals surface area (Å²) in [7, 11) is 0. The van der Waals surface area contributed by atoms with Crippen molar-refractivity contribution < 1.29 is 58.6 Å². The minimum absolute atomic E-state index is 0.134.